The second-order valence-electron chi connectivity index (χ2n) is 7.33. The van der Waals surface area contributed by atoms with E-state index in [2.05, 4.69) is 20.0 Å². The molecule has 3 aromatic rings. The van der Waals surface area contributed by atoms with Crippen LogP contribution in [0, 0.1) is 13.8 Å². The van der Waals surface area contributed by atoms with Crippen molar-refractivity contribution in [1.29, 1.82) is 0 Å². The Bertz CT molecular complexity index is 953. The highest BCUT2D eigenvalue weighted by Gasteiger charge is 2.23. The Morgan fingerprint density at radius 3 is 2.63 bits per heavy atom. The molecule has 1 aliphatic rings. The molecule has 1 fully saturated rings. The first kappa shape index (κ1) is 17.9. The van der Waals surface area contributed by atoms with Gasteiger partial charge in [-0.15, -0.1) is 0 Å². The molecule has 8 nitrogen and oxygen atoms in total. The van der Waals surface area contributed by atoms with Crippen LogP contribution in [0.5, 0.6) is 0 Å². The molecule has 0 aromatic carbocycles. The van der Waals surface area contributed by atoms with Gasteiger partial charge >= 0.3 is 0 Å². The second-order valence-corrected chi connectivity index (χ2v) is 7.33. The van der Waals surface area contributed by atoms with E-state index in [1.54, 1.807) is 0 Å². The number of imidazole rings is 1. The zero-order valence-electron chi connectivity index (χ0n) is 16.2. The van der Waals surface area contributed by atoms with E-state index in [1.165, 1.54) is 19.3 Å². The van der Waals surface area contributed by atoms with Gasteiger partial charge in [0.05, 0.1) is 24.2 Å². The summed E-state index contributed by atoms with van der Waals surface area (Å²) in [5.74, 6) is 1.32. The van der Waals surface area contributed by atoms with E-state index in [-0.39, 0.29) is 6.61 Å². The summed E-state index contributed by atoms with van der Waals surface area (Å²) in [7, 11) is 1.93. The fourth-order valence-corrected chi connectivity index (χ4v) is 4.05. The Kier molecular flexibility index (Phi) is 4.82. The Morgan fingerprint density at radius 1 is 1.19 bits per heavy atom. The second kappa shape index (κ2) is 7.26. The van der Waals surface area contributed by atoms with Crippen LogP contribution in [-0.2, 0) is 7.05 Å². The van der Waals surface area contributed by atoms with E-state index in [0.29, 0.717) is 24.2 Å². The Balaban J connectivity index is 1.88. The number of aryl methyl sites for hydroxylation is 2. The number of hydrogen-bond acceptors (Lipinski definition) is 6. The summed E-state index contributed by atoms with van der Waals surface area (Å²) in [5, 5.41) is 17.0. The molecule has 27 heavy (non-hydrogen) atoms. The molecular formula is C19H27N7O. The Morgan fingerprint density at radius 2 is 1.96 bits per heavy atom. The van der Waals surface area contributed by atoms with Crippen molar-refractivity contribution in [2.75, 3.05) is 18.5 Å². The molecule has 0 amide bonds. The van der Waals surface area contributed by atoms with Gasteiger partial charge in [-0.1, -0.05) is 19.3 Å². The van der Waals surface area contributed by atoms with E-state index < -0.39 is 0 Å². The molecule has 0 bridgehead atoms. The van der Waals surface area contributed by atoms with Gasteiger partial charge in [0.25, 0.3) is 0 Å². The van der Waals surface area contributed by atoms with Crippen molar-refractivity contribution in [3.05, 3.63) is 17.7 Å². The topological polar surface area (TPSA) is 93.7 Å². The molecule has 1 saturated carbocycles. The predicted molar refractivity (Wildman–Crippen MR) is 105 cm³/mol. The molecule has 0 aliphatic heterocycles. The smallest absolute Gasteiger partial charge is 0.167 e. The van der Waals surface area contributed by atoms with Crippen molar-refractivity contribution in [2.24, 2.45) is 7.05 Å². The highest BCUT2D eigenvalue weighted by Crippen LogP contribution is 2.33. The molecule has 1 aliphatic carbocycles. The SMILES string of the molecule is Cc1nn(C)c(C)c1-c1nc(NCCO)c2ncn(C3CCCCC3)c2n1. The number of nitrogens with one attached hydrogen (secondary N) is 1. The highest BCUT2D eigenvalue weighted by molar-refractivity contribution is 5.85. The lowest BCUT2D eigenvalue weighted by Gasteiger charge is -2.23. The number of fused-ring (bicyclic) bond motifs is 1. The minimum absolute atomic E-state index is 0.0368. The molecule has 2 N–H and O–H groups in total. The highest BCUT2D eigenvalue weighted by atomic mass is 16.3. The molecular weight excluding hydrogens is 342 g/mol. The minimum Gasteiger partial charge on any atom is -0.395 e. The first-order chi connectivity index (χ1) is 13.1. The van der Waals surface area contributed by atoms with Gasteiger partial charge in [-0.2, -0.15) is 5.10 Å². The van der Waals surface area contributed by atoms with Crippen LogP contribution in [-0.4, -0.2) is 47.6 Å². The number of anilines is 1. The zero-order valence-corrected chi connectivity index (χ0v) is 16.2. The minimum atomic E-state index is 0.0368. The molecule has 8 heteroatoms. The summed E-state index contributed by atoms with van der Waals surface area (Å²) in [6.07, 6.45) is 8.02. The van der Waals surface area contributed by atoms with Crippen LogP contribution < -0.4 is 5.32 Å². The number of nitrogens with zero attached hydrogens (tertiary/aromatic N) is 6. The van der Waals surface area contributed by atoms with Gasteiger partial charge in [-0.05, 0) is 26.7 Å². The van der Waals surface area contributed by atoms with Crippen LogP contribution >= 0.6 is 0 Å². The number of hydrogen-bond donors (Lipinski definition) is 2. The van der Waals surface area contributed by atoms with Crippen LogP contribution in [0.25, 0.3) is 22.6 Å². The molecule has 3 heterocycles. The Hall–Kier alpha value is -2.48. The molecule has 0 spiro atoms. The molecule has 144 valence electrons. The van der Waals surface area contributed by atoms with Gasteiger partial charge < -0.3 is 15.0 Å². The van der Waals surface area contributed by atoms with Crippen LogP contribution in [0.1, 0.15) is 49.5 Å². The summed E-state index contributed by atoms with van der Waals surface area (Å²) in [6, 6.07) is 0.438. The first-order valence-electron chi connectivity index (χ1n) is 9.70. The molecule has 0 atom stereocenters. The maximum absolute atomic E-state index is 9.24. The fraction of sp³-hybridized carbons (Fsp3) is 0.579. The standard InChI is InChI=1S/C19H27N7O/c1-12-15(13(2)25(3)24-12)17-22-18(20-9-10-27)16-19(23-17)26(11-21-16)14-7-5-4-6-8-14/h11,14,27H,4-10H2,1-3H3,(H,20,22,23). The van der Waals surface area contributed by atoms with E-state index in [0.717, 1.165) is 41.0 Å². The molecule has 0 unspecified atom stereocenters. The summed E-state index contributed by atoms with van der Waals surface area (Å²) in [4.78, 5) is 14.3. The van der Waals surface area contributed by atoms with Gasteiger partial charge in [0, 0.05) is 25.3 Å². The third kappa shape index (κ3) is 3.18. The number of aromatic nitrogens is 6. The number of rotatable bonds is 5. The predicted octanol–water partition coefficient (Wildman–Crippen LogP) is 2.75. The third-order valence-corrected chi connectivity index (χ3v) is 5.53. The first-order valence-corrected chi connectivity index (χ1v) is 9.70. The molecule has 4 rings (SSSR count). The maximum Gasteiger partial charge on any atom is 0.167 e. The van der Waals surface area contributed by atoms with E-state index in [4.69, 9.17) is 9.97 Å². The summed E-state index contributed by atoms with van der Waals surface area (Å²) >= 11 is 0. The average molecular weight is 369 g/mol. The van der Waals surface area contributed by atoms with Crippen molar-refractivity contribution < 1.29 is 5.11 Å². The largest absolute Gasteiger partial charge is 0.395 e. The lowest BCUT2D eigenvalue weighted by Crippen LogP contribution is -2.13. The monoisotopic (exact) mass is 369 g/mol. The van der Waals surface area contributed by atoms with E-state index >= 15 is 0 Å². The van der Waals surface area contributed by atoms with Gasteiger partial charge in [0.15, 0.2) is 17.3 Å². The molecule has 3 aromatic heterocycles. The van der Waals surface area contributed by atoms with Gasteiger partial charge in [-0.25, -0.2) is 15.0 Å². The van der Waals surface area contributed by atoms with Crippen molar-refractivity contribution in [2.45, 2.75) is 52.0 Å². The zero-order chi connectivity index (χ0) is 19.0. The van der Waals surface area contributed by atoms with Gasteiger partial charge in [0.2, 0.25) is 0 Å². The van der Waals surface area contributed by atoms with Crippen LogP contribution in [0.3, 0.4) is 0 Å². The van der Waals surface area contributed by atoms with E-state index in [1.807, 2.05) is 31.9 Å². The van der Waals surface area contributed by atoms with Crippen molar-refractivity contribution >= 4 is 17.0 Å². The summed E-state index contributed by atoms with van der Waals surface area (Å²) in [5.41, 5.74) is 4.52. The van der Waals surface area contributed by atoms with Crippen molar-refractivity contribution in [3.8, 4) is 11.4 Å². The quantitative estimate of drug-likeness (QED) is 0.718. The lowest BCUT2D eigenvalue weighted by molar-refractivity contribution is 0.311. The Labute approximate surface area is 158 Å². The van der Waals surface area contributed by atoms with Gasteiger partial charge in [-0.3, -0.25) is 4.68 Å². The van der Waals surface area contributed by atoms with Crippen molar-refractivity contribution in [1.82, 2.24) is 29.3 Å². The van der Waals surface area contributed by atoms with Gasteiger partial charge in [0.1, 0.15) is 5.52 Å². The third-order valence-electron chi connectivity index (χ3n) is 5.53. The maximum atomic E-state index is 9.24. The van der Waals surface area contributed by atoms with E-state index in [9.17, 15) is 5.11 Å². The van der Waals surface area contributed by atoms with Crippen LogP contribution in [0.15, 0.2) is 6.33 Å². The van der Waals surface area contributed by atoms with Crippen molar-refractivity contribution in [3.63, 3.8) is 0 Å². The molecule has 0 saturated heterocycles. The summed E-state index contributed by atoms with van der Waals surface area (Å²) < 4.78 is 4.07. The number of aliphatic hydroxyl groups excluding tert-OH is 1. The lowest BCUT2D eigenvalue weighted by atomic mass is 9.95. The number of aliphatic hydroxyl groups is 1. The van der Waals surface area contributed by atoms with Crippen LogP contribution in [0.2, 0.25) is 0 Å². The molecule has 0 radical (unpaired) electrons. The normalized spacial score (nSPS) is 15.6. The fourth-order valence-electron chi connectivity index (χ4n) is 4.05. The average Bonchev–Trinajstić information content (AvgIpc) is 3.21. The van der Waals surface area contributed by atoms with Crippen LogP contribution in [0.4, 0.5) is 5.82 Å². The summed E-state index contributed by atoms with van der Waals surface area (Å²) in [6.45, 7) is 4.47.